The number of allylic oxidation sites excluding steroid dienone is 4. The molecule has 1 aliphatic carbocycles. The van der Waals surface area contributed by atoms with Gasteiger partial charge in [-0.25, -0.2) is 4.39 Å². The van der Waals surface area contributed by atoms with E-state index in [2.05, 4.69) is 11.9 Å². The molecule has 0 aromatic rings. The van der Waals surface area contributed by atoms with Crippen molar-refractivity contribution in [2.24, 2.45) is 5.92 Å². The molecule has 15 heavy (non-hydrogen) atoms. The molecule has 1 heterocycles. The summed E-state index contributed by atoms with van der Waals surface area (Å²) in [5.41, 5.74) is 0. The summed E-state index contributed by atoms with van der Waals surface area (Å²) in [5.74, 6) is 0.874. The Labute approximate surface area is 90.4 Å². The smallest absolute Gasteiger partial charge is 0.112 e. The van der Waals surface area contributed by atoms with Gasteiger partial charge in [0.2, 0.25) is 0 Å². The van der Waals surface area contributed by atoms with Crippen molar-refractivity contribution >= 4 is 0 Å². The molecule has 0 N–H and O–H groups in total. The fourth-order valence-corrected chi connectivity index (χ4v) is 2.10. The highest BCUT2D eigenvalue weighted by atomic mass is 19.1. The van der Waals surface area contributed by atoms with Crippen LogP contribution in [0.2, 0.25) is 0 Å². The molecule has 0 spiro atoms. The maximum Gasteiger partial charge on any atom is 0.112 e. The summed E-state index contributed by atoms with van der Waals surface area (Å²) in [6.45, 7) is 3.97. The molecule has 2 aliphatic rings. The van der Waals surface area contributed by atoms with E-state index in [9.17, 15) is 4.39 Å². The zero-order valence-electron chi connectivity index (χ0n) is 9.37. The van der Waals surface area contributed by atoms with Gasteiger partial charge in [-0.3, -0.25) is 0 Å². The van der Waals surface area contributed by atoms with Gasteiger partial charge in [-0.05, 0) is 25.6 Å². The fourth-order valence-electron chi connectivity index (χ4n) is 2.10. The average Bonchev–Trinajstić information content (AvgIpc) is 2.58. The molecule has 2 nitrogen and oxygen atoms in total. The molecule has 2 atom stereocenters. The van der Waals surface area contributed by atoms with Crippen LogP contribution in [0.15, 0.2) is 23.7 Å². The summed E-state index contributed by atoms with van der Waals surface area (Å²) in [7, 11) is 2.10. The van der Waals surface area contributed by atoms with Crippen LogP contribution in [-0.2, 0) is 4.74 Å². The number of ether oxygens (including phenoxy) is 1. The standard InChI is InChI=1S/C12H18FNO/c1-9-7-10(3-4-12(9)13)15-11-5-6-14(2)8-11/h3-4,9,11H,5-8H2,1-2H3. The van der Waals surface area contributed by atoms with E-state index in [0.717, 1.165) is 25.3 Å². The lowest BCUT2D eigenvalue weighted by molar-refractivity contribution is 0.111. The minimum atomic E-state index is -0.0362. The Balaban J connectivity index is 1.90. The predicted molar refractivity (Wildman–Crippen MR) is 58.0 cm³/mol. The molecule has 0 saturated carbocycles. The molecule has 0 aromatic carbocycles. The normalized spacial score (nSPS) is 32.5. The number of hydrogen-bond acceptors (Lipinski definition) is 2. The third-order valence-electron chi connectivity index (χ3n) is 3.07. The summed E-state index contributed by atoms with van der Waals surface area (Å²) in [6.07, 6.45) is 5.37. The molecule has 0 bridgehead atoms. The van der Waals surface area contributed by atoms with Gasteiger partial charge >= 0.3 is 0 Å². The maximum absolute atomic E-state index is 13.1. The van der Waals surface area contributed by atoms with E-state index in [-0.39, 0.29) is 11.7 Å². The predicted octanol–water partition coefficient (Wildman–Crippen LogP) is 2.48. The van der Waals surface area contributed by atoms with E-state index in [1.165, 1.54) is 6.08 Å². The van der Waals surface area contributed by atoms with Crippen LogP contribution in [0.5, 0.6) is 0 Å². The Morgan fingerprint density at radius 1 is 1.47 bits per heavy atom. The molecule has 0 aromatic heterocycles. The van der Waals surface area contributed by atoms with Crippen LogP contribution >= 0.6 is 0 Å². The van der Waals surface area contributed by atoms with E-state index in [0.29, 0.717) is 12.5 Å². The largest absolute Gasteiger partial charge is 0.493 e. The summed E-state index contributed by atoms with van der Waals surface area (Å²) in [4.78, 5) is 2.26. The lowest BCUT2D eigenvalue weighted by Gasteiger charge is -2.21. The molecule has 0 radical (unpaired) electrons. The first-order chi connectivity index (χ1) is 7.15. The van der Waals surface area contributed by atoms with Crippen molar-refractivity contribution in [2.75, 3.05) is 20.1 Å². The van der Waals surface area contributed by atoms with E-state index >= 15 is 0 Å². The van der Waals surface area contributed by atoms with Crippen LogP contribution in [0.3, 0.4) is 0 Å². The van der Waals surface area contributed by atoms with Gasteiger partial charge in [-0.15, -0.1) is 0 Å². The molecule has 0 amide bonds. The zero-order valence-corrected chi connectivity index (χ0v) is 9.37. The molecular weight excluding hydrogens is 193 g/mol. The van der Waals surface area contributed by atoms with Gasteiger partial charge in [0.15, 0.2) is 0 Å². The Morgan fingerprint density at radius 2 is 2.27 bits per heavy atom. The third kappa shape index (κ3) is 2.59. The first-order valence-electron chi connectivity index (χ1n) is 5.56. The lowest BCUT2D eigenvalue weighted by Crippen LogP contribution is -2.20. The molecule has 1 aliphatic heterocycles. The van der Waals surface area contributed by atoms with Crippen molar-refractivity contribution in [1.29, 1.82) is 0 Å². The molecule has 2 rings (SSSR count). The molecule has 1 fully saturated rings. The number of likely N-dealkylation sites (tertiary alicyclic amines) is 1. The fraction of sp³-hybridized carbons (Fsp3) is 0.667. The van der Waals surface area contributed by atoms with Crippen molar-refractivity contribution < 1.29 is 9.13 Å². The van der Waals surface area contributed by atoms with Gasteiger partial charge in [0.05, 0.1) is 5.76 Å². The van der Waals surface area contributed by atoms with Gasteiger partial charge < -0.3 is 9.64 Å². The van der Waals surface area contributed by atoms with Crippen LogP contribution in [0, 0.1) is 5.92 Å². The van der Waals surface area contributed by atoms with Crippen LogP contribution in [0.25, 0.3) is 0 Å². The SMILES string of the molecule is CC1CC(OC2CCN(C)C2)=CC=C1F. The van der Waals surface area contributed by atoms with Gasteiger partial charge in [0.25, 0.3) is 0 Å². The topological polar surface area (TPSA) is 12.5 Å². The second-order valence-corrected chi connectivity index (χ2v) is 4.58. The highest BCUT2D eigenvalue weighted by Gasteiger charge is 2.23. The lowest BCUT2D eigenvalue weighted by atomic mass is 10.0. The Hall–Kier alpha value is -0.830. The Bertz CT molecular complexity index is 298. The van der Waals surface area contributed by atoms with E-state index in [4.69, 9.17) is 4.74 Å². The minimum absolute atomic E-state index is 0.0240. The van der Waals surface area contributed by atoms with Gasteiger partial charge in [0, 0.05) is 25.4 Å². The van der Waals surface area contributed by atoms with E-state index in [1.54, 1.807) is 6.08 Å². The summed E-state index contributed by atoms with van der Waals surface area (Å²) >= 11 is 0. The Kier molecular flexibility index (Phi) is 3.10. The molecule has 1 saturated heterocycles. The quantitative estimate of drug-likeness (QED) is 0.695. The van der Waals surface area contributed by atoms with Crippen molar-refractivity contribution in [3.63, 3.8) is 0 Å². The molecule has 2 unspecified atom stereocenters. The number of likely N-dealkylation sites (N-methyl/N-ethyl adjacent to an activating group) is 1. The van der Waals surface area contributed by atoms with Crippen LogP contribution in [0.4, 0.5) is 4.39 Å². The van der Waals surface area contributed by atoms with Crippen LogP contribution in [0.1, 0.15) is 19.8 Å². The third-order valence-corrected chi connectivity index (χ3v) is 3.07. The number of rotatable bonds is 2. The molecule has 84 valence electrons. The van der Waals surface area contributed by atoms with Crippen LogP contribution < -0.4 is 0 Å². The highest BCUT2D eigenvalue weighted by Crippen LogP contribution is 2.28. The van der Waals surface area contributed by atoms with Gasteiger partial charge in [-0.1, -0.05) is 6.92 Å². The van der Waals surface area contributed by atoms with Crippen LogP contribution in [-0.4, -0.2) is 31.1 Å². The van der Waals surface area contributed by atoms with E-state index in [1.807, 2.05) is 6.92 Å². The number of hydrogen-bond donors (Lipinski definition) is 0. The monoisotopic (exact) mass is 211 g/mol. The first kappa shape index (κ1) is 10.7. The second-order valence-electron chi connectivity index (χ2n) is 4.58. The van der Waals surface area contributed by atoms with Crippen molar-refractivity contribution in [2.45, 2.75) is 25.9 Å². The zero-order chi connectivity index (χ0) is 10.8. The highest BCUT2D eigenvalue weighted by molar-refractivity contribution is 5.19. The summed E-state index contributed by atoms with van der Waals surface area (Å²) in [5, 5.41) is 0. The van der Waals surface area contributed by atoms with Gasteiger partial charge in [0.1, 0.15) is 11.9 Å². The molecular formula is C12H18FNO. The van der Waals surface area contributed by atoms with Crippen molar-refractivity contribution in [3.05, 3.63) is 23.7 Å². The summed E-state index contributed by atoms with van der Waals surface area (Å²) < 4.78 is 18.9. The molecule has 3 heteroatoms. The minimum Gasteiger partial charge on any atom is -0.493 e. The average molecular weight is 211 g/mol. The Morgan fingerprint density at radius 3 is 2.87 bits per heavy atom. The van der Waals surface area contributed by atoms with Crippen molar-refractivity contribution in [3.8, 4) is 0 Å². The first-order valence-corrected chi connectivity index (χ1v) is 5.56. The van der Waals surface area contributed by atoms with Crippen molar-refractivity contribution in [1.82, 2.24) is 4.90 Å². The van der Waals surface area contributed by atoms with E-state index < -0.39 is 0 Å². The maximum atomic E-state index is 13.1. The summed E-state index contributed by atoms with van der Waals surface area (Å²) in [6, 6.07) is 0. The van der Waals surface area contributed by atoms with Gasteiger partial charge in [-0.2, -0.15) is 0 Å². The number of halogens is 1. The number of nitrogens with zero attached hydrogens (tertiary/aromatic N) is 1. The second kappa shape index (κ2) is 4.35.